The lowest BCUT2D eigenvalue weighted by Crippen LogP contribution is -2.43. The Kier molecular flexibility index (Phi) is 5.18. The van der Waals surface area contributed by atoms with Crippen molar-refractivity contribution < 1.29 is 4.39 Å². The smallest absolute Gasteiger partial charge is 0.142 e. The van der Waals surface area contributed by atoms with Crippen LogP contribution in [0.15, 0.2) is 48.9 Å². The molecule has 0 saturated carbocycles. The molecule has 4 rings (SSSR count). The van der Waals surface area contributed by atoms with Crippen LogP contribution in [-0.4, -0.2) is 39.8 Å². The SMILES string of the molecule is N=C(c1cccc(N2CCC[C@@H](N)C2)n1)c1cc(-c2cncc(F)c2)ncc1N. The summed E-state index contributed by atoms with van der Waals surface area (Å²) >= 11 is 0. The topological polar surface area (TPSA) is 118 Å². The third kappa shape index (κ3) is 4.07. The number of nitrogens with zero attached hydrogens (tertiary/aromatic N) is 4. The predicted molar refractivity (Wildman–Crippen MR) is 111 cm³/mol. The summed E-state index contributed by atoms with van der Waals surface area (Å²) < 4.78 is 13.5. The molecule has 148 valence electrons. The van der Waals surface area contributed by atoms with E-state index in [0.717, 1.165) is 37.9 Å². The maximum absolute atomic E-state index is 13.5. The van der Waals surface area contributed by atoms with Crippen molar-refractivity contribution >= 4 is 17.2 Å². The van der Waals surface area contributed by atoms with E-state index in [2.05, 4.69) is 19.9 Å². The molecule has 8 heteroatoms. The summed E-state index contributed by atoms with van der Waals surface area (Å²) in [4.78, 5) is 14.9. The van der Waals surface area contributed by atoms with Crippen LogP contribution in [0.4, 0.5) is 15.9 Å². The molecule has 0 spiro atoms. The lowest BCUT2D eigenvalue weighted by atomic mass is 10.0. The molecule has 7 nitrogen and oxygen atoms in total. The Morgan fingerprint density at radius 2 is 2.07 bits per heavy atom. The van der Waals surface area contributed by atoms with Gasteiger partial charge in [-0.15, -0.1) is 0 Å². The fraction of sp³-hybridized carbons (Fsp3) is 0.238. The normalized spacial score (nSPS) is 16.6. The lowest BCUT2D eigenvalue weighted by molar-refractivity contribution is 0.503. The van der Waals surface area contributed by atoms with Gasteiger partial charge in [-0.1, -0.05) is 6.07 Å². The molecule has 4 heterocycles. The van der Waals surface area contributed by atoms with Crippen LogP contribution < -0.4 is 16.4 Å². The summed E-state index contributed by atoms with van der Waals surface area (Å²) in [6, 6.07) is 8.72. The molecule has 0 aliphatic carbocycles. The zero-order chi connectivity index (χ0) is 20.4. The van der Waals surface area contributed by atoms with Crippen LogP contribution in [0.25, 0.3) is 11.3 Å². The van der Waals surface area contributed by atoms with Gasteiger partial charge in [-0.2, -0.15) is 0 Å². The molecule has 1 atom stereocenters. The minimum absolute atomic E-state index is 0.131. The first kappa shape index (κ1) is 18.9. The van der Waals surface area contributed by atoms with Crippen LogP contribution in [0.3, 0.4) is 0 Å². The second kappa shape index (κ2) is 7.92. The first-order valence-electron chi connectivity index (χ1n) is 9.44. The number of pyridine rings is 3. The molecule has 0 aromatic carbocycles. The fourth-order valence-corrected chi connectivity index (χ4v) is 3.49. The van der Waals surface area contributed by atoms with Crippen molar-refractivity contribution in [3.05, 3.63) is 66.0 Å². The number of nitrogen functional groups attached to an aromatic ring is 1. The Bertz CT molecular complexity index is 1050. The highest BCUT2D eigenvalue weighted by Gasteiger charge is 2.19. The van der Waals surface area contributed by atoms with Crippen LogP contribution >= 0.6 is 0 Å². The maximum Gasteiger partial charge on any atom is 0.142 e. The highest BCUT2D eigenvalue weighted by molar-refractivity contribution is 6.13. The Labute approximate surface area is 168 Å². The number of nitrogens with one attached hydrogen (secondary N) is 1. The molecule has 0 amide bonds. The van der Waals surface area contributed by atoms with Gasteiger partial charge >= 0.3 is 0 Å². The number of rotatable bonds is 4. The van der Waals surface area contributed by atoms with Crippen molar-refractivity contribution in [1.82, 2.24) is 15.0 Å². The summed E-state index contributed by atoms with van der Waals surface area (Å²) in [6.07, 6.45) is 6.15. The highest BCUT2D eigenvalue weighted by atomic mass is 19.1. The molecule has 0 radical (unpaired) electrons. The van der Waals surface area contributed by atoms with E-state index in [1.807, 2.05) is 12.1 Å². The monoisotopic (exact) mass is 391 g/mol. The van der Waals surface area contributed by atoms with Gasteiger partial charge in [0.1, 0.15) is 11.6 Å². The molecule has 3 aromatic rings. The highest BCUT2D eigenvalue weighted by Crippen LogP contribution is 2.24. The van der Waals surface area contributed by atoms with Crippen molar-refractivity contribution in [2.75, 3.05) is 23.7 Å². The average Bonchev–Trinajstić information content (AvgIpc) is 2.74. The number of piperidine rings is 1. The minimum Gasteiger partial charge on any atom is -0.397 e. The fourth-order valence-electron chi connectivity index (χ4n) is 3.49. The van der Waals surface area contributed by atoms with E-state index in [1.54, 1.807) is 12.1 Å². The molecule has 0 bridgehead atoms. The van der Waals surface area contributed by atoms with Gasteiger partial charge in [0.05, 0.1) is 35.2 Å². The van der Waals surface area contributed by atoms with Gasteiger partial charge in [-0.05, 0) is 37.1 Å². The summed E-state index contributed by atoms with van der Waals surface area (Å²) in [5.74, 6) is 0.344. The second-order valence-corrected chi connectivity index (χ2v) is 7.15. The minimum atomic E-state index is -0.452. The van der Waals surface area contributed by atoms with Crippen molar-refractivity contribution in [3.8, 4) is 11.3 Å². The Balaban J connectivity index is 1.66. The van der Waals surface area contributed by atoms with E-state index >= 15 is 0 Å². The standard InChI is InChI=1S/C21H22FN7/c22-14-7-13(9-26-10-14)19-8-16(17(24)11-27-19)21(25)18-4-1-5-20(28-18)29-6-2-3-15(23)12-29/h1,4-5,7-11,15,25H,2-3,6,12,23-24H2/t15-/m1/s1. The predicted octanol–water partition coefficient (Wildman–Crippen LogP) is 2.60. The molecule has 1 aliphatic heterocycles. The van der Waals surface area contributed by atoms with Crippen molar-refractivity contribution in [1.29, 1.82) is 5.41 Å². The van der Waals surface area contributed by atoms with Gasteiger partial charge in [-0.25, -0.2) is 9.37 Å². The van der Waals surface area contributed by atoms with E-state index in [9.17, 15) is 4.39 Å². The Morgan fingerprint density at radius 3 is 2.86 bits per heavy atom. The van der Waals surface area contributed by atoms with Gasteiger partial charge in [0.15, 0.2) is 0 Å². The van der Waals surface area contributed by atoms with E-state index in [4.69, 9.17) is 16.9 Å². The maximum atomic E-state index is 13.5. The zero-order valence-corrected chi connectivity index (χ0v) is 15.8. The summed E-state index contributed by atoms with van der Waals surface area (Å²) in [6.45, 7) is 1.64. The van der Waals surface area contributed by atoms with Crippen LogP contribution in [0.2, 0.25) is 0 Å². The van der Waals surface area contributed by atoms with Crippen molar-refractivity contribution in [3.63, 3.8) is 0 Å². The number of anilines is 2. The second-order valence-electron chi connectivity index (χ2n) is 7.15. The first-order chi connectivity index (χ1) is 14.0. The summed E-state index contributed by atoms with van der Waals surface area (Å²) in [5, 5.41) is 8.66. The molecular formula is C21H22FN7. The lowest BCUT2D eigenvalue weighted by Gasteiger charge is -2.31. The van der Waals surface area contributed by atoms with Gasteiger partial charge in [0.2, 0.25) is 0 Å². The molecule has 3 aromatic heterocycles. The van der Waals surface area contributed by atoms with Gasteiger partial charge < -0.3 is 16.4 Å². The van der Waals surface area contributed by atoms with Crippen LogP contribution in [0.1, 0.15) is 24.1 Å². The zero-order valence-electron chi connectivity index (χ0n) is 15.8. The van der Waals surface area contributed by atoms with Gasteiger partial charge in [0, 0.05) is 36.5 Å². The molecule has 1 saturated heterocycles. The molecule has 5 N–H and O–H groups in total. The van der Waals surface area contributed by atoms with Gasteiger partial charge in [-0.3, -0.25) is 15.4 Å². The van der Waals surface area contributed by atoms with Crippen molar-refractivity contribution in [2.24, 2.45) is 5.73 Å². The first-order valence-corrected chi connectivity index (χ1v) is 9.44. The summed E-state index contributed by atoms with van der Waals surface area (Å²) in [5.41, 5.74) is 14.7. The quantitative estimate of drug-likeness (QED) is 0.589. The number of aromatic nitrogens is 3. The number of hydrogen-bond donors (Lipinski definition) is 3. The van der Waals surface area contributed by atoms with E-state index < -0.39 is 5.82 Å². The molecule has 0 unspecified atom stereocenters. The average molecular weight is 391 g/mol. The Morgan fingerprint density at radius 1 is 1.21 bits per heavy atom. The molecular weight excluding hydrogens is 369 g/mol. The molecule has 1 fully saturated rings. The number of hydrogen-bond acceptors (Lipinski definition) is 7. The number of nitrogens with two attached hydrogens (primary N) is 2. The van der Waals surface area contributed by atoms with Crippen LogP contribution in [0.5, 0.6) is 0 Å². The summed E-state index contributed by atoms with van der Waals surface area (Å²) in [7, 11) is 0. The van der Waals surface area contributed by atoms with Crippen molar-refractivity contribution in [2.45, 2.75) is 18.9 Å². The van der Waals surface area contributed by atoms with Crippen LogP contribution in [0, 0.1) is 11.2 Å². The number of halogens is 1. The Hall–Kier alpha value is -3.39. The van der Waals surface area contributed by atoms with E-state index in [0.29, 0.717) is 28.2 Å². The third-order valence-electron chi connectivity index (χ3n) is 4.98. The largest absolute Gasteiger partial charge is 0.397 e. The molecule has 1 aliphatic rings. The third-order valence-corrected chi connectivity index (χ3v) is 4.98. The molecule has 29 heavy (non-hydrogen) atoms. The van der Waals surface area contributed by atoms with Crippen LogP contribution in [-0.2, 0) is 0 Å². The van der Waals surface area contributed by atoms with Gasteiger partial charge in [0.25, 0.3) is 0 Å². The van der Waals surface area contributed by atoms with E-state index in [1.165, 1.54) is 18.5 Å². The van der Waals surface area contributed by atoms with E-state index in [-0.39, 0.29) is 11.8 Å².